The monoisotopic (exact) mass is 260 g/mol. The van der Waals surface area contributed by atoms with E-state index < -0.39 is 0 Å². The molecule has 0 aromatic carbocycles. The minimum atomic E-state index is -0.0148. The topological polar surface area (TPSA) is 42.0 Å². The van der Waals surface area contributed by atoms with Gasteiger partial charge in [-0.2, -0.15) is 0 Å². The zero-order chi connectivity index (χ0) is 14.1. The van der Waals surface area contributed by atoms with Crippen molar-refractivity contribution in [3.05, 3.63) is 35.7 Å². The predicted octanol–water partition coefficient (Wildman–Crippen LogP) is 3.49. The number of carbonyl (C=O) groups excluding carboxylic acids is 1. The Labute approximate surface area is 116 Å². The third-order valence-electron chi connectivity index (χ3n) is 2.75. The molecule has 3 nitrogen and oxygen atoms in total. The Morgan fingerprint density at radius 1 is 1.37 bits per heavy atom. The Balaban J connectivity index is 0.000000399. The van der Waals surface area contributed by atoms with Gasteiger partial charge in [-0.1, -0.05) is 26.7 Å². The van der Waals surface area contributed by atoms with Crippen LogP contribution < -0.4 is 5.32 Å². The maximum atomic E-state index is 11.3. The number of nitrogens with zero attached hydrogens (tertiary/aromatic N) is 1. The first-order valence-corrected chi connectivity index (χ1v) is 7.06. The van der Waals surface area contributed by atoms with E-state index in [0.717, 1.165) is 24.0 Å². The Morgan fingerprint density at radius 2 is 2.05 bits per heavy atom. The third-order valence-corrected chi connectivity index (χ3v) is 2.75. The first kappa shape index (κ1) is 15.4. The van der Waals surface area contributed by atoms with Crippen molar-refractivity contribution in [2.24, 2.45) is 0 Å². The fraction of sp³-hybridized carbons (Fsp3) is 0.500. The fourth-order valence-corrected chi connectivity index (χ4v) is 1.32. The van der Waals surface area contributed by atoms with E-state index in [0.29, 0.717) is 6.04 Å². The molecule has 1 aromatic rings. The molecule has 2 rings (SSSR count). The van der Waals surface area contributed by atoms with Crippen LogP contribution in [0.4, 0.5) is 0 Å². The first-order chi connectivity index (χ1) is 9.15. The van der Waals surface area contributed by atoms with Gasteiger partial charge < -0.3 is 5.32 Å². The van der Waals surface area contributed by atoms with Crippen molar-refractivity contribution in [3.8, 4) is 0 Å². The van der Waals surface area contributed by atoms with Gasteiger partial charge in [0.15, 0.2) is 0 Å². The van der Waals surface area contributed by atoms with E-state index in [-0.39, 0.29) is 5.91 Å². The van der Waals surface area contributed by atoms with Gasteiger partial charge in [0.1, 0.15) is 0 Å². The van der Waals surface area contributed by atoms with E-state index in [1.54, 1.807) is 24.5 Å². The summed E-state index contributed by atoms with van der Waals surface area (Å²) in [6.45, 7) is 6.34. The highest BCUT2D eigenvalue weighted by Crippen LogP contribution is 2.18. The average Bonchev–Trinajstić information content (AvgIpc) is 3.21. The van der Waals surface area contributed by atoms with Crippen LogP contribution in [-0.2, 0) is 4.79 Å². The molecular weight excluding hydrogens is 236 g/mol. The summed E-state index contributed by atoms with van der Waals surface area (Å²) in [5.74, 6) is -0.0148. The van der Waals surface area contributed by atoms with Gasteiger partial charge in [-0.25, -0.2) is 0 Å². The quantitative estimate of drug-likeness (QED) is 0.842. The van der Waals surface area contributed by atoms with Crippen molar-refractivity contribution < 1.29 is 4.79 Å². The second kappa shape index (κ2) is 8.46. The van der Waals surface area contributed by atoms with Crippen molar-refractivity contribution in [2.75, 3.05) is 0 Å². The Hall–Kier alpha value is -1.64. The standard InChI is InChI=1S/C12H14N2O.C4H10/c1-9-6-10(8-13-7-9)2-5-12(15)14-11-3-4-11;1-3-4-2/h2,5-8,11H,3-4H2,1H3,(H,14,15);3-4H2,1-2H3/b5-2+;. The van der Waals surface area contributed by atoms with Crippen LogP contribution in [0.5, 0.6) is 0 Å². The number of aryl methyl sites for hydroxylation is 1. The highest BCUT2D eigenvalue weighted by atomic mass is 16.1. The van der Waals surface area contributed by atoms with Gasteiger partial charge in [0.2, 0.25) is 5.91 Å². The molecule has 1 aromatic heterocycles. The van der Waals surface area contributed by atoms with Crippen molar-refractivity contribution in [2.45, 2.75) is 52.5 Å². The van der Waals surface area contributed by atoms with Crippen LogP contribution in [0.2, 0.25) is 0 Å². The van der Waals surface area contributed by atoms with Gasteiger partial charge in [0.05, 0.1) is 0 Å². The molecule has 1 heterocycles. The first-order valence-electron chi connectivity index (χ1n) is 7.06. The fourth-order valence-electron chi connectivity index (χ4n) is 1.32. The lowest BCUT2D eigenvalue weighted by Crippen LogP contribution is -2.22. The lowest BCUT2D eigenvalue weighted by molar-refractivity contribution is -0.116. The summed E-state index contributed by atoms with van der Waals surface area (Å²) in [4.78, 5) is 15.4. The van der Waals surface area contributed by atoms with Crippen molar-refractivity contribution in [1.29, 1.82) is 0 Å². The number of carbonyl (C=O) groups is 1. The Bertz CT molecular complexity index is 421. The number of amides is 1. The second-order valence-corrected chi connectivity index (χ2v) is 4.91. The van der Waals surface area contributed by atoms with Crippen molar-refractivity contribution >= 4 is 12.0 Å². The van der Waals surface area contributed by atoms with Crippen LogP contribution in [0, 0.1) is 6.92 Å². The molecule has 1 amide bonds. The lowest BCUT2D eigenvalue weighted by atomic mass is 10.2. The molecule has 0 radical (unpaired) electrons. The minimum absolute atomic E-state index is 0.0148. The lowest BCUT2D eigenvalue weighted by Gasteiger charge is -1.97. The summed E-state index contributed by atoms with van der Waals surface area (Å²) < 4.78 is 0. The highest BCUT2D eigenvalue weighted by Gasteiger charge is 2.21. The zero-order valence-corrected chi connectivity index (χ0v) is 12.1. The van der Waals surface area contributed by atoms with Gasteiger partial charge in [0.25, 0.3) is 0 Å². The number of rotatable bonds is 4. The molecule has 19 heavy (non-hydrogen) atoms. The summed E-state index contributed by atoms with van der Waals surface area (Å²) in [5.41, 5.74) is 2.06. The second-order valence-electron chi connectivity index (χ2n) is 4.91. The molecule has 1 fully saturated rings. The molecule has 1 N–H and O–H groups in total. The van der Waals surface area contributed by atoms with Crippen LogP contribution in [-0.4, -0.2) is 16.9 Å². The molecule has 1 aliphatic carbocycles. The molecule has 104 valence electrons. The van der Waals surface area contributed by atoms with Crippen LogP contribution >= 0.6 is 0 Å². The molecular formula is C16H24N2O. The maximum absolute atomic E-state index is 11.3. The highest BCUT2D eigenvalue weighted by molar-refractivity contribution is 5.92. The normalized spacial score (nSPS) is 13.8. The van der Waals surface area contributed by atoms with Crippen LogP contribution in [0.3, 0.4) is 0 Å². The summed E-state index contributed by atoms with van der Waals surface area (Å²) in [7, 11) is 0. The van der Waals surface area contributed by atoms with Gasteiger partial charge in [-0.05, 0) is 43.0 Å². The number of pyridine rings is 1. The van der Waals surface area contributed by atoms with Gasteiger partial charge in [0, 0.05) is 24.5 Å². The molecule has 0 unspecified atom stereocenters. The van der Waals surface area contributed by atoms with E-state index in [9.17, 15) is 4.79 Å². The Morgan fingerprint density at radius 3 is 2.58 bits per heavy atom. The van der Waals surface area contributed by atoms with Crippen molar-refractivity contribution in [3.63, 3.8) is 0 Å². The summed E-state index contributed by atoms with van der Waals surface area (Å²) in [6.07, 6.45) is 11.8. The van der Waals surface area contributed by atoms with Crippen molar-refractivity contribution in [1.82, 2.24) is 10.3 Å². The number of hydrogen-bond acceptors (Lipinski definition) is 2. The number of hydrogen-bond donors (Lipinski definition) is 1. The van der Waals surface area contributed by atoms with E-state index >= 15 is 0 Å². The van der Waals surface area contributed by atoms with Crippen LogP contribution in [0.25, 0.3) is 6.08 Å². The molecule has 0 saturated heterocycles. The van der Waals surface area contributed by atoms with Crippen LogP contribution in [0.15, 0.2) is 24.5 Å². The van der Waals surface area contributed by atoms with E-state index in [4.69, 9.17) is 0 Å². The summed E-state index contributed by atoms with van der Waals surface area (Å²) in [6, 6.07) is 2.41. The van der Waals surface area contributed by atoms with Crippen LogP contribution in [0.1, 0.15) is 50.7 Å². The van der Waals surface area contributed by atoms with Gasteiger partial charge >= 0.3 is 0 Å². The molecule has 3 heteroatoms. The SMILES string of the molecule is CCCC.Cc1cncc(/C=C/C(=O)NC2CC2)c1. The largest absolute Gasteiger partial charge is 0.350 e. The number of nitrogens with one attached hydrogen (secondary N) is 1. The third kappa shape index (κ3) is 7.39. The molecule has 0 atom stereocenters. The van der Waals surface area contributed by atoms with E-state index in [2.05, 4.69) is 24.1 Å². The number of aromatic nitrogens is 1. The zero-order valence-electron chi connectivity index (χ0n) is 12.1. The molecule has 0 bridgehead atoms. The van der Waals surface area contributed by atoms with E-state index in [1.807, 2.05) is 13.0 Å². The van der Waals surface area contributed by atoms with E-state index in [1.165, 1.54) is 12.8 Å². The molecule has 1 saturated carbocycles. The minimum Gasteiger partial charge on any atom is -0.350 e. The maximum Gasteiger partial charge on any atom is 0.244 e. The molecule has 0 aliphatic heterocycles. The smallest absolute Gasteiger partial charge is 0.244 e. The average molecular weight is 260 g/mol. The van der Waals surface area contributed by atoms with Gasteiger partial charge in [-0.3, -0.25) is 9.78 Å². The molecule has 0 spiro atoms. The summed E-state index contributed by atoms with van der Waals surface area (Å²) in [5, 5.41) is 2.89. The summed E-state index contributed by atoms with van der Waals surface area (Å²) >= 11 is 0. The number of unbranched alkanes of at least 4 members (excludes halogenated alkanes) is 1. The predicted molar refractivity (Wildman–Crippen MR) is 79.8 cm³/mol. The molecule has 1 aliphatic rings. The van der Waals surface area contributed by atoms with Gasteiger partial charge in [-0.15, -0.1) is 0 Å². The Kier molecular flexibility index (Phi) is 6.86.